The number of halogens is 3. The second-order valence-electron chi connectivity index (χ2n) is 7.50. The fourth-order valence-corrected chi connectivity index (χ4v) is 3.94. The smallest absolute Gasteiger partial charge is 0.356 e. The molecule has 1 heterocycles. The van der Waals surface area contributed by atoms with Crippen molar-refractivity contribution in [1.82, 2.24) is 25.4 Å². The summed E-state index contributed by atoms with van der Waals surface area (Å²) < 4.78 is 41.4. The molecule has 0 unspecified atom stereocenters. The van der Waals surface area contributed by atoms with E-state index in [-0.39, 0.29) is 5.41 Å². The topological polar surface area (TPSA) is 67.1 Å². The maximum absolute atomic E-state index is 13.2. The number of nitrogens with zero attached hydrogens (tertiary/aromatic N) is 4. The molecule has 1 fully saturated rings. The fourth-order valence-electron chi connectivity index (χ4n) is 3.94. The van der Waals surface area contributed by atoms with Gasteiger partial charge in [-0.15, -0.1) is 0 Å². The van der Waals surface area contributed by atoms with Crippen LogP contribution in [0.15, 0.2) is 35.6 Å². The lowest BCUT2D eigenvalue weighted by molar-refractivity contribution is -0.137. The van der Waals surface area contributed by atoms with Crippen LogP contribution in [0.2, 0.25) is 0 Å². The van der Waals surface area contributed by atoms with Gasteiger partial charge in [0, 0.05) is 26.1 Å². The Morgan fingerprint density at radius 3 is 2.59 bits per heavy atom. The van der Waals surface area contributed by atoms with Crippen LogP contribution in [0, 0.1) is 0 Å². The second-order valence-corrected chi connectivity index (χ2v) is 7.50. The summed E-state index contributed by atoms with van der Waals surface area (Å²) in [5, 5.41) is 10.5. The van der Waals surface area contributed by atoms with Crippen LogP contribution in [-0.4, -0.2) is 34.3 Å². The summed E-state index contributed by atoms with van der Waals surface area (Å²) in [6.07, 6.45) is 1.96. The van der Waals surface area contributed by atoms with Crippen LogP contribution in [0.4, 0.5) is 13.2 Å². The number of hydrogen-bond acceptors (Lipinski definition) is 3. The van der Waals surface area contributed by atoms with E-state index in [0.717, 1.165) is 49.6 Å². The van der Waals surface area contributed by atoms with Gasteiger partial charge in [-0.25, -0.2) is 4.98 Å². The van der Waals surface area contributed by atoms with Gasteiger partial charge in [-0.2, -0.15) is 18.3 Å². The summed E-state index contributed by atoms with van der Waals surface area (Å²) in [6.45, 7) is 0.972. The van der Waals surface area contributed by atoms with E-state index >= 15 is 0 Å². The third kappa shape index (κ3) is 5.07. The average molecular weight is 408 g/mol. The van der Waals surface area contributed by atoms with Gasteiger partial charge < -0.3 is 10.6 Å². The molecule has 158 valence electrons. The number of aliphatic imine (C=N–C) groups is 1. The highest BCUT2D eigenvalue weighted by molar-refractivity contribution is 5.79. The zero-order chi connectivity index (χ0) is 20.9. The highest BCUT2D eigenvalue weighted by Gasteiger charge is 2.37. The van der Waals surface area contributed by atoms with Gasteiger partial charge in [0.05, 0.1) is 12.1 Å². The monoisotopic (exact) mass is 408 g/mol. The number of benzene rings is 1. The van der Waals surface area contributed by atoms with Gasteiger partial charge in [-0.1, -0.05) is 37.5 Å². The summed E-state index contributed by atoms with van der Waals surface area (Å²) in [7, 11) is 3.48. The summed E-state index contributed by atoms with van der Waals surface area (Å²) in [5.41, 5.74) is -0.199. The van der Waals surface area contributed by atoms with Gasteiger partial charge in [0.2, 0.25) is 0 Å². The van der Waals surface area contributed by atoms with Crippen LogP contribution in [0.3, 0.4) is 0 Å². The van der Waals surface area contributed by atoms with Crippen molar-refractivity contribution in [1.29, 1.82) is 0 Å². The SMILES string of the molecule is CN=C(NCc1ncnn1C)NCC1(c2cccc(C(F)(F)F)c2)CCCCC1. The van der Waals surface area contributed by atoms with Crippen LogP contribution in [0.5, 0.6) is 0 Å². The minimum atomic E-state index is -4.34. The maximum atomic E-state index is 13.2. The van der Waals surface area contributed by atoms with E-state index in [0.29, 0.717) is 19.0 Å². The molecule has 1 aromatic carbocycles. The first-order chi connectivity index (χ1) is 13.8. The Morgan fingerprint density at radius 2 is 1.97 bits per heavy atom. The third-order valence-corrected chi connectivity index (χ3v) is 5.65. The van der Waals surface area contributed by atoms with E-state index in [1.165, 1.54) is 18.5 Å². The van der Waals surface area contributed by atoms with Gasteiger partial charge in [-0.05, 0) is 24.5 Å². The van der Waals surface area contributed by atoms with Gasteiger partial charge in [0.25, 0.3) is 0 Å². The molecule has 0 atom stereocenters. The lowest BCUT2D eigenvalue weighted by Crippen LogP contribution is -2.46. The molecule has 29 heavy (non-hydrogen) atoms. The van der Waals surface area contributed by atoms with Gasteiger partial charge in [0.1, 0.15) is 12.2 Å². The molecular weight excluding hydrogens is 381 g/mol. The molecule has 1 saturated carbocycles. The lowest BCUT2D eigenvalue weighted by Gasteiger charge is -2.38. The van der Waals surface area contributed by atoms with Crippen molar-refractivity contribution in [2.45, 2.75) is 50.2 Å². The summed E-state index contributed by atoms with van der Waals surface area (Å²) in [4.78, 5) is 8.41. The molecule has 0 aliphatic heterocycles. The van der Waals surface area contributed by atoms with Gasteiger partial charge >= 0.3 is 6.18 Å². The first-order valence-corrected chi connectivity index (χ1v) is 9.79. The number of rotatable bonds is 5. The molecule has 0 radical (unpaired) electrons. The van der Waals surface area contributed by atoms with Crippen molar-refractivity contribution in [2.24, 2.45) is 12.0 Å². The molecule has 9 heteroatoms. The molecule has 0 spiro atoms. The van der Waals surface area contributed by atoms with Crippen molar-refractivity contribution in [3.05, 3.63) is 47.5 Å². The quantitative estimate of drug-likeness (QED) is 0.588. The van der Waals surface area contributed by atoms with E-state index in [2.05, 4.69) is 25.7 Å². The Labute approximate surface area is 168 Å². The molecule has 1 aliphatic rings. The molecule has 1 aromatic heterocycles. The second kappa shape index (κ2) is 8.84. The summed E-state index contributed by atoms with van der Waals surface area (Å²) in [6, 6.07) is 5.77. The molecule has 2 N–H and O–H groups in total. The number of nitrogens with one attached hydrogen (secondary N) is 2. The standard InChI is InChI=1S/C20H27F3N6/c1-24-18(25-12-17-27-14-28-29(17)2)26-13-19(9-4-3-5-10-19)15-7-6-8-16(11-15)20(21,22)23/h6-8,11,14H,3-5,9-10,12-13H2,1-2H3,(H2,24,25,26). The predicted molar refractivity (Wildman–Crippen MR) is 105 cm³/mol. The molecule has 1 aliphatic carbocycles. The normalized spacial score (nSPS) is 17.2. The first kappa shape index (κ1) is 21.1. The van der Waals surface area contributed by atoms with Gasteiger partial charge in [0.15, 0.2) is 5.96 Å². The van der Waals surface area contributed by atoms with E-state index in [1.807, 2.05) is 13.1 Å². The Hall–Kier alpha value is -2.58. The molecule has 2 aromatic rings. The zero-order valence-corrected chi connectivity index (χ0v) is 16.8. The molecular formula is C20H27F3N6. The summed E-state index contributed by atoms with van der Waals surface area (Å²) in [5.74, 6) is 1.35. The number of alkyl halides is 3. The molecule has 3 rings (SSSR count). The van der Waals surface area contributed by atoms with Crippen LogP contribution < -0.4 is 10.6 Å². The highest BCUT2D eigenvalue weighted by Crippen LogP contribution is 2.41. The number of hydrogen-bond donors (Lipinski definition) is 2. The molecule has 0 bridgehead atoms. The first-order valence-electron chi connectivity index (χ1n) is 9.79. The third-order valence-electron chi connectivity index (χ3n) is 5.65. The van der Waals surface area contributed by atoms with Crippen LogP contribution in [0.25, 0.3) is 0 Å². The van der Waals surface area contributed by atoms with Crippen molar-refractivity contribution in [2.75, 3.05) is 13.6 Å². The average Bonchev–Trinajstić information content (AvgIpc) is 3.13. The summed E-state index contributed by atoms with van der Waals surface area (Å²) >= 11 is 0. The van der Waals surface area contributed by atoms with Crippen molar-refractivity contribution in [3.8, 4) is 0 Å². The molecule has 0 amide bonds. The predicted octanol–water partition coefficient (Wildman–Crippen LogP) is 3.40. The maximum Gasteiger partial charge on any atom is 0.416 e. The highest BCUT2D eigenvalue weighted by atomic mass is 19.4. The van der Waals surface area contributed by atoms with E-state index in [4.69, 9.17) is 0 Å². The Morgan fingerprint density at radius 1 is 1.21 bits per heavy atom. The van der Waals surface area contributed by atoms with Crippen molar-refractivity contribution >= 4 is 5.96 Å². The van der Waals surface area contributed by atoms with Crippen LogP contribution in [-0.2, 0) is 25.2 Å². The number of aryl methyl sites for hydroxylation is 1. The van der Waals surface area contributed by atoms with E-state index in [9.17, 15) is 13.2 Å². The number of guanidine groups is 1. The van der Waals surface area contributed by atoms with E-state index in [1.54, 1.807) is 11.7 Å². The Bertz CT molecular complexity index is 837. The largest absolute Gasteiger partial charge is 0.416 e. The lowest BCUT2D eigenvalue weighted by atomic mass is 9.69. The molecule has 6 nitrogen and oxygen atoms in total. The fraction of sp³-hybridized carbons (Fsp3) is 0.550. The number of aromatic nitrogens is 3. The van der Waals surface area contributed by atoms with Gasteiger partial charge in [-0.3, -0.25) is 9.67 Å². The van der Waals surface area contributed by atoms with Crippen molar-refractivity contribution in [3.63, 3.8) is 0 Å². The minimum absolute atomic E-state index is 0.345. The van der Waals surface area contributed by atoms with Crippen molar-refractivity contribution < 1.29 is 13.2 Å². The van der Waals surface area contributed by atoms with E-state index < -0.39 is 11.7 Å². The Balaban J connectivity index is 1.74. The van der Waals surface area contributed by atoms with Crippen LogP contribution in [0.1, 0.15) is 49.1 Å². The Kier molecular flexibility index (Phi) is 6.44. The zero-order valence-electron chi connectivity index (χ0n) is 16.8. The van der Waals surface area contributed by atoms with Crippen LogP contribution >= 0.6 is 0 Å². The molecule has 0 saturated heterocycles. The minimum Gasteiger partial charge on any atom is -0.356 e.